The van der Waals surface area contributed by atoms with E-state index < -0.39 is 5.92 Å². The third-order valence-corrected chi connectivity index (χ3v) is 3.05. The van der Waals surface area contributed by atoms with Crippen LogP contribution >= 0.6 is 0 Å². The van der Waals surface area contributed by atoms with Crippen molar-refractivity contribution >= 4 is 5.97 Å². The molecule has 0 radical (unpaired) electrons. The summed E-state index contributed by atoms with van der Waals surface area (Å²) in [5.74, 6) is 0.501. The maximum Gasteiger partial charge on any atom is 0.316 e. The Kier molecular flexibility index (Phi) is 5.15. The highest BCUT2D eigenvalue weighted by molar-refractivity contribution is 5.78. The smallest absolute Gasteiger partial charge is 0.316 e. The molecule has 5 heteroatoms. The van der Waals surface area contributed by atoms with Crippen molar-refractivity contribution in [3.63, 3.8) is 0 Å². The monoisotopic (exact) mass is 287 g/mol. The summed E-state index contributed by atoms with van der Waals surface area (Å²) in [5, 5.41) is 0. The summed E-state index contributed by atoms with van der Waals surface area (Å²) in [6, 6.07) is 10.8. The van der Waals surface area contributed by atoms with Crippen molar-refractivity contribution in [3.8, 4) is 11.5 Å². The van der Waals surface area contributed by atoms with Gasteiger partial charge in [0.25, 0.3) is 0 Å². The van der Waals surface area contributed by atoms with E-state index in [1.807, 2.05) is 12.1 Å². The fraction of sp³-hybridized carbons (Fsp3) is 0.250. The van der Waals surface area contributed by atoms with Gasteiger partial charge in [-0.2, -0.15) is 0 Å². The quantitative estimate of drug-likeness (QED) is 0.764. The van der Waals surface area contributed by atoms with Gasteiger partial charge < -0.3 is 14.2 Å². The highest BCUT2D eigenvalue weighted by atomic mass is 16.5. The van der Waals surface area contributed by atoms with Crippen molar-refractivity contribution in [2.75, 3.05) is 20.8 Å². The first-order valence-electron chi connectivity index (χ1n) is 6.49. The van der Waals surface area contributed by atoms with Crippen molar-refractivity contribution in [1.29, 1.82) is 0 Å². The zero-order valence-corrected chi connectivity index (χ0v) is 12.0. The van der Waals surface area contributed by atoms with E-state index in [0.717, 1.165) is 11.3 Å². The van der Waals surface area contributed by atoms with Crippen molar-refractivity contribution in [2.45, 2.75) is 5.92 Å². The molecular formula is C16H17NO4. The highest BCUT2D eigenvalue weighted by Gasteiger charge is 2.22. The number of benzene rings is 1. The van der Waals surface area contributed by atoms with Crippen LogP contribution in [0.15, 0.2) is 48.8 Å². The Morgan fingerprint density at radius 1 is 1.14 bits per heavy atom. The molecule has 0 aliphatic heterocycles. The van der Waals surface area contributed by atoms with Crippen LogP contribution in [0.5, 0.6) is 11.5 Å². The first-order chi connectivity index (χ1) is 10.2. The Labute approximate surface area is 123 Å². The molecular weight excluding hydrogens is 270 g/mol. The molecule has 2 rings (SSSR count). The number of esters is 1. The molecule has 0 saturated carbocycles. The number of hydrogen-bond donors (Lipinski definition) is 0. The Morgan fingerprint density at radius 3 is 2.48 bits per heavy atom. The summed E-state index contributed by atoms with van der Waals surface area (Å²) < 4.78 is 15.6. The maximum absolute atomic E-state index is 11.9. The number of aromatic nitrogens is 1. The average Bonchev–Trinajstić information content (AvgIpc) is 2.56. The van der Waals surface area contributed by atoms with Gasteiger partial charge in [0, 0.05) is 6.20 Å². The number of carbonyl (C=O) groups is 1. The highest BCUT2D eigenvalue weighted by Crippen LogP contribution is 2.22. The molecule has 21 heavy (non-hydrogen) atoms. The van der Waals surface area contributed by atoms with Gasteiger partial charge >= 0.3 is 5.97 Å². The molecule has 5 nitrogen and oxygen atoms in total. The predicted molar refractivity (Wildman–Crippen MR) is 77.5 cm³/mol. The van der Waals surface area contributed by atoms with E-state index in [2.05, 4.69) is 4.98 Å². The molecule has 0 fully saturated rings. The van der Waals surface area contributed by atoms with Gasteiger partial charge in [-0.1, -0.05) is 12.1 Å². The van der Waals surface area contributed by atoms with Crippen LogP contribution in [-0.4, -0.2) is 31.8 Å². The lowest BCUT2D eigenvalue weighted by molar-refractivity contribution is -0.143. The van der Waals surface area contributed by atoms with Gasteiger partial charge in [0.1, 0.15) is 24.0 Å². The fourth-order valence-electron chi connectivity index (χ4n) is 1.89. The third kappa shape index (κ3) is 3.95. The van der Waals surface area contributed by atoms with Crippen LogP contribution in [0.4, 0.5) is 0 Å². The summed E-state index contributed by atoms with van der Waals surface area (Å²) in [7, 11) is 2.96. The maximum atomic E-state index is 11.9. The van der Waals surface area contributed by atoms with E-state index in [1.54, 1.807) is 43.8 Å². The van der Waals surface area contributed by atoms with Crippen molar-refractivity contribution < 1.29 is 19.0 Å². The van der Waals surface area contributed by atoms with E-state index in [1.165, 1.54) is 7.11 Å². The van der Waals surface area contributed by atoms with Gasteiger partial charge in [-0.15, -0.1) is 0 Å². The normalized spacial score (nSPS) is 11.5. The molecule has 0 aliphatic carbocycles. The fourth-order valence-corrected chi connectivity index (χ4v) is 1.89. The second-order valence-electron chi connectivity index (χ2n) is 4.35. The van der Waals surface area contributed by atoms with Crippen LogP contribution in [0.3, 0.4) is 0 Å². The molecule has 110 valence electrons. The Morgan fingerprint density at radius 2 is 1.90 bits per heavy atom. The molecule has 2 aromatic rings. The number of ether oxygens (including phenoxy) is 3. The molecule has 0 saturated heterocycles. The first kappa shape index (κ1) is 14.8. The molecule has 0 N–H and O–H groups in total. The third-order valence-electron chi connectivity index (χ3n) is 3.05. The number of hydrogen-bond acceptors (Lipinski definition) is 5. The van der Waals surface area contributed by atoms with Crippen LogP contribution in [0.25, 0.3) is 0 Å². The Bertz CT molecular complexity index is 569. The van der Waals surface area contributed by atoms with E-state index in [0.29, 0.717) is 5.75 Å². The van der Waals surface area contributed by atoms with Crippen LogP contribution in [0.2, 0.25) is 0 Å². The van der Waals surface area contributed by atoms with Gasteiger partial charge in [0.2, 0.25) is 0 Å². The zero-order valence-electron chi connectivity index (χ0n) is 12.0. The summed E-state index contributed by atoms with van der Waals surface area (Å²) in [6.45, 7) is 0.185. The number of carbonyl (C=O) groups excluding carboxylic acids is 1. The summed E-state index contributed by atoms with van der Waals surface area (Å²) in [6.07, 6.45) is 3.26. The van der Waals surface area contributed by atoms with Gasteiger partial charge in [-0.25, -0.2) is 0 Å². The number of pyridine rings is 1. The summed E-state index contributed by atoms with van der Waals surface area (Å²) in [5.41, 5.74) is 0.812. The molecule has 1 aromatic carbocycles. The summed E-state index contributed by atoms with van der Waals surface area (Å²) in [4.78, 5) is 15.9. The van der Waals surface area contributed by atoms with Crippen LogP contribution in [0.1, 0.15) is 11.5 Å². The minimum atomic E-state index is -0.499. The van der Waals surface area contributed by atoms with Crippen LogP contribution in [0, 0.1) is 0 Å². The van der Waals surface area contributed by atoms with Crippen molar-refractivity contribution in [2.24, 2.45) is 0 Å². The largest absolute Gasteiger partial charge is 0.497 e. The molecule has 0 amide bonds. The molecule has 1 unspecified atom stereocenters. The molecule has 0 aliphatic rings. The number of nitrogens with zero attached hydrogens (tertiary/aromatic N) is 1. The molecule has 0 spiro atoms. The molecule has 1 atom stereocenters. The van der Waals surface area contributed by atoms with E-state index >= 15 is 0 Å². The minimum Gasteiger partial charge on any atom is -0.497 e. The van der Waals surface area contributed by atoms with Gasteiger partial charge in [0.05, 0.1) is 20.4 Å². The van der Waals surface area contributed by atoms with Gasteiger partial charge in [0.15, 0.2) is 0 Å². The topological polar surface area (TPSA) is 57.7 Å². The lowest BCUT2D eigenvalue weighted by Gasteiger charge is -2.16. The lowest BCUT2D eigenvalue weighted by atomic mass is 10.00. The van der Waals surface area contributed by atoms with Gasteiger partial charge in [-0.3, -0.25) is 9.78 Å². The minimum absolute atomic E-state index is 0.185. The number of rotatable bonds is 6. The molecule has 0 bridgehead atoms. The van der Waals surface area contributed by atoms with E-state index in [-0.39, 0.29) is 12.6 Å². The molecule has 1 aromatic heterocycles. The van der Waals surface area contributed by atoms with Gasteiger partial charge in [-0.05, 0) is 29.8 Å². The van der Waals surface area contributed by atoms with Crippen molar-refractivity contribution in [1.82, 2.24) is 4.98 Å². The average molecular weight is 287 g/mol. The van der Waals surface area contributed by atoms with E-state index in [4.69, 9.17) is 14.2 Å². The summed E-state index contributed by atoms with van der Waals surface area (Å²) >= 11 is 0. The SMILES string of the molecule is COC(=O)C(COc1cccnc1)c1ccc(OC)cc1. The van der Waals surface area contributed by atoms with Crippen molar-refractivity contribution in [3.05, 3.63) is 54.4 Å². The van der Waals surface area contributed by atoms with Crippen LogP contribution in [-0.2, 0) is 9.53 Å². The predicted octanol–water partition coefficient (Wildman–Crippen LogP) is 2.43. The van der Waals surface area contributed by atoms with E-state index in [9.17, 15) is 4.79 Å². The lowest BCUT2D eigenvalue weighted by Crippen LogP contribution is -2.21. The standard InChI is InChI=1S/C16H17NO4/c1-19-13-7-5-12(6-8-13)15(16(18)20-2)11-21-14-4-3-9-17-10-14/h3-10,15H,11H2,1-2H3. The second kappa shape index (κ2) is 7.28. The Hall–Kier alpha value is -2.56. The Balaban J connectivity index is 2.12. The van der Waals surface area contributed by atoms with Crippen LogP contribution < -0.4 is 9.47 Å². The first-order valence-corrected chi connectivity index (χ1v) is 6.49. The second-order valence-corrected chi connectivity index (χ2v) is 4.35. The molecule has 1 heterocycles. The number of methoxy groups -OCH3 is 2. The zero-order chi connectivity index (χ0) is 15.1.